The Morgan fingerprint density at radius 2 is 1.65 bits per heavy atom. The number of benzene rings is 2. The molecule has 1 heterocycles. The van der Waals surface area contributed by atoms with E-state index < -0.39 is 0 Å². The van der Waals surface area contributed by atoms with Crippen molar-refractivity contribution in [3.05, 3.63) is 77.1 Å². The zero-order valence-electron chi connectivity index (χ0n) is 15.2. The highest BCUT2D eigenvalue weighted by molar-refractivity contribution is 6.04. The van der Waals surface area contributed by atoms with Crippen LogP contribution < -0.4 is 10.6 Å². The molecule has 0 aliphatic heterocycles. The third-order valence-corrected chi connectivity index (χ3v) is 4.04. The molecule has 5 nitrogen and oxygen atoms in total. The van der Waals surface area contributed by atoms with Crippen molar-refractivity contribution in [2.45, 2.75) is 27.2 Å². The Morgan fingerprint density at radius 1 is 1.00 bits per heavy atom. The van der Waals surface area contributed by atoms with Gasteiger partial charge in [0.1, 0.15) is 0 Å². The van der Waals surface area contributed by atoms with Gasteiger partial charge < -0.3 is 10.6 Å². The van der Waals surface area contributed by atoms with Crippen LogP contribution in [0.2, 0.25) is 0 Å². The average Bonchev–Trinajstić information content (AvgIpc) is 2.62. The number of carbonyl (C=O) groups is 1. The van der Waals surface area contributed by atoms with Gasteiger partial charge in [-0.2, -0.15) is 0 Å². The fraction of sp³-hybridized carbons (Fsp3) is 0.190. The molecule has 2 N–H and O–H groups in total. The summed E-state index contributed by atoms with van der Waals surface area (Å²) in [7, 11) is 0. The number of aryl methyl sites for hydroxylation is 3. The first kappa shape index (κ1) is 17.6. The highest BCUT2D eigenvalue weighted by atomic mass is 16.1. The van der Waals surface area contributed by atoms with E-state index in [-0.39, 0.29) is 5.91 Å². The van der Waals surface area contributed by atoms with Gasteiger partial charge in [-0.1, -0.05) is 31.2 Å². The maximum absolute atomic E-state index is 12.4. The molecular weight excluding hydrogens is 324 g/mol. The van der Waals surface area contributed by atoms with Gasteiger partial charge in [0.25, 0.3) is 5.91 Å². The number of carbonyl (C=O) groups excluding carboxylic acids is 1. The van der Waals surface area contributed by atoms with Crippen LogP contribution in [0, 0.1) is 13.8 Å². The van der Waals surface area contributed by atoms with Crippen molar-refractivity contribution in [3.8, 4) is 0 Å². The summed E-state index contributed by atoms with van der Waals surface area (Å²) in [6, 6.07) is 13.9. The maximum atomic E-state index is 12.4. The van der Waals surface area contributed by atoms with Gasteiger partial charge in [0, 0.05) is 23.8 Å². The number of aromatic nitrogens is 2. The Hall–Kier alpha value is -3.21. The molecule has 1 amide bonds. The SMILES string of the molecule is CCc1ccccc1NC(=O)c1cnc(Nc2cc(C)cc(C)c2)nc1. The summed E-state index contributed by atoms with van der Waals surface area (Å²) >= 11 is 0. The molecule has 0 fully saturated rings. The molecule has 0 bridgehead atoms. The average molecular weight is 346 g/mol. The predicted molar refractivity (Wildman–Crippen MR) is 105 cm³/mol. The van der Waals surface area contributed by atoms with Gasteiger partial charge in [-0.25, -0.2) is 9.97 Å². The van der Waals surface area contributed by atoms with E-state index in [2.05, 4.69) is 33.6 Å². The molecule has 3 aromatic rings. The van der Waals surface area contributed by atoms with Gasteiger partial charge in [0.15, 0.2) is 0 Å². The lowest BCUT2D eigenvalue weighted by molar-refractivity contribution is 0.102. The fourth-order valence-corrected chi connectivity index (χ4v) is 2.83. The molecule has 0 aliphatic rings. The molecule has 0 radical (unpaired) electrons. The summed E-state index contributed by atoms with van der Waals surface area (Å²) in [5.41, 5.74) is 5.59. The van der Waals surface area contributed by atoms with Crippen LogP contribution in [-0.4, -0.2) is 15.9 Å². The van der Waals surface area contributed by atoms with Crippen molar-refractivity contribution >= 4 is 23.2 Å². The van der Waals surface area contributed by atoms with Crippen LogP contribution in [0.4, 0.5) is 17.3 Å². The quantitative estimate of drug-likeness (QED) is 0.705. The van der Waals surface area contributed by atoms with Gasteiger partial charge in [-0.15, -0.1) is 0 Å². The molecule has 0 saturated heterocycles. The Balaban J connectivity index is 1.71. The number of nitrogens with zero attached hydrogens (tertiary/aromatic N) is 2. The second-order valence-electron chi connectivity index (χ2n) is 6.26. The molecule has 0 spiro atoms. The first-order valence-corrected chi connectivity index (χ1v) is 8.62. The third-order valence-electron chi connectivity index (χ3n) is 4.04. The second-order valence-corrected chi connectivity index (χ2v) is 6.26. The minimum Gasteiger partial charge on any atom is -0.324 e. The molecule has 0 saturated carbocycles. The number of para-hydroxylation sites is 1. The number of rotatable bonds is 5. The Bertz CT molecular complexity index is 899. The van der Waals surface area contributed by atoms with Gasteiger partial charge in [-0.3, -0.25) is 4.79 Å². The normalized spacial score (nSPS) is 10.4. The number of nitrogens with one attached hydrogen (secondary N) is 2. The van der Waals surface area contributed by atoms with E-state index in [9.17, 15) is 4.79 Å². The Labute approximate surface area is 153 Å². The summed E-state index contributed by atoms with van der Waals surface area (Å²) < 4.78 is 0. The van der Waals surface area contributed by atoms with E-state index in [4.69, 9.17) is 0 Å². The summed E-state index contributed by atoms with van der Waals surface area (Å²) in [5, 5.41) is 6.09. The van der Waals surface area contributed by atoms with Crippen LogP contribution in [-0.2, 0) is 6.42 Å². The largest absolute Gasteiger partial charge is 0.324 e. The molecule has 5 heteroatoms. The predicted octanol–water partition coefficient (Wildman–Crippen LogP) is 4.65. The molecule has 26 heavy (non-hydrogen) atoms. The summed E-state index contributed by atoms with van der Waals surface area (Å²) in [6.45, 7) is 6.14. The number of anilines is 3. The van der Waals surface area contributed by atoms with Crippen molar-refractivity contribution in [2.24, 2.45) is 0 Å². The summed E-state index contributed by atoms with van der Waals surface area (Å²) in [4.78, 5) is 20.9. The molecule has 3 rings (SSSR count). The molecule has 132 valence electrons. The van der Waals surface area contributed by atoms with Crippen molar-refractivity contribution in [1.82, 2.24) is 9.97 Å². The highest BCUT2D eigenvalue weighted by Gasteiger charge is 2.10. The van der Waals surface area contributed by atoms with E-state index in [1.807, 2.05) is 50.2 Å². The Morgan fingerprint density at radius 3 is 2.31 bits per heavy atom. The lowest BCUT2D eigenvalue weighted by Gasteiger charge is -2.10. The van der Waals surface area contributed by atoms with E-state index in [1.165, 1.54) is 12.4 Å². The van der Waals surface area contributed by atoms with Crippen molar-refractivity contribution in [3.63, 3.8) is 0 Å². The van der Waals surface area contributed by atoms with Crippen LogP contribution in [0.1, 0.15) is 34.0 Å². The molecular formula is C21H22N4O. The van der Waals surface area contributed by atoms with Gasteiger partial charge in [0.05, 0.1) is 5.56 Å². The van der Waals surface area contributed by atoms with Crippen LogP contribution in [0.3, 0.4) is 0 Å². The first-order valence-electron chi connectivity index (χ1n) is 8.62. The van der Waals surface area contributed by atoms with Crippen molar-refractivity contribution in [1.29, 1.82) is 0 Å². The van der Waals surface area contributed by atoms with Crippen LogP contribution in [0.25, 0.3) is 0 Å². The Kier molecular flexibility index (Phi) is 5.27. The number of amides is 1. The van der Waals surface area contributed by atoms with Gasteiger partial charge in [-0.05, 0) is 55.2 Å². The summed E-state index contributed by atoms with van der Waals surface area (Å²) in [5.74, 6) is 0.240. The first-order chi connectivity index (χ1) is 12.5. The lowest BCUT2D eigenvalue weighted by Crippen LogP contribution is -2.14. The number of hydrogen-bond donors (Lipinski definition) is 2. The minimum atomic E-state index is -0.219. The van der Waals surface area contributed by atoms with Crippen molar-refractivity contribution in [2.75, 3.05) is 10.6 Å². The topological polar surface area (TPSA) is 66.9 Å². The zero-order chi connectivity index (χ0) is 18.5. The lowest BCUT2D eigenvalue weighted by atomic mass is 10.1. The van der Waals surface area contributed by atoms with E-state index in [0.717, 1.165) is 34.5 Å². The van der Waals surface area contributed by atoms with Crippen molar-refractivity contribution < 1.29 is 4.79 Å². The van der Waals surface area contributed by atoms with E-state index in [1.54, 1.807) is 0 Å². The molecule has 2 aromatic carbocycles. The van der Waals surface area contributed by atoms with Gasteiger partial charge in [0.2, 0.25) is 5.95 Å². The smallest absolute Gasteiger partial charge is 0.258 e. The zero-order valence-corrected chi connectivity index (χ0v) is 15.2. The van der Waals surface area contributed by atoms with E-state index >= 15 is 0 Å². The molecule has 0 aliphatic carbocycles. The summed E-state index contributed by atoms with van der Waals surface area (Å²) in [6.07, 6.45) is 3.91. The highest BCUT2D eigenvalue weighted by Crippen LogP contribution is 2.18. The van der Waals surface area contributed by atoms with Crippen LogP contribution in [0.5, 0.6) is 0 Å². The van der Waals surface area contributed by atoms with Crippen LogP contribution >= 0.6 is 0 Å². The minimum absolute atomic E-state index is 0.219. The van der Waals surface area contributed by atoms with Crippen LogP contribution in [0.15, 0.2) is 54.9 Å². The standard InChI is InChI=1S/C21H22N4O/c1-4-16-7-5-6-8-19(16)25-20(26)17-12-22-21(23-13-17)24-18-10-14(2)9-15(3)11-18/h5-13H,4H2,1-3H3,(H,25,26)(H,22,23,24). The molecule has 0 unspecified atom stereocenters. The monoisotopic (exact) mass is 346 g/mol. The third kappa shape index (κ3) is 4.25. The molecule has 1 aromatic heterocycles. The van der Waals surface area contributed by atoms with E-state index in [0.29, 0.717) is 11.5 Å². The second kappa shape index (κ2) is 7.78. The van der Waals surface area contributed by atoms with Gasteiger partial charge >= 0.3 is 0 Å². The fourth-order valence-electron chi connectivity index (χ4n) is 2.83. The molecule has 0 atom stereocenters. The number of hydrogen-bond acceptors (Lipinski definition) is 4. The maximum Gasteiger partial charge on any atom is 0.258 e.